The number of carbonyl (C=O) groups excluding carboxylic acids is 1. The summed E-state index contributed by atoms with van der Waals surface area (Å²) in [7, 11) is -3.30. The molecule has 1 atom stereocenters. The largest absolute Gasteiger partial charge is 0.326 e. The second-order valence-corrected chi connectivity index (χ2v) is 8.90. The van der Waals surface area contributed by atoms with Crippen LogP contribution in [0.3, 0.4) is 0 Å². The van der Waals surface area contributed by atoms with Gasteiger partial charge in [-0.25, -0.2) is 8.42 Å². The Morgan fingerprint density at radius 2 is 2.00 bits per heavy atom. The number of nitrogens with one attached hydrogen (secondary N) is 3. The Labute approximate surface area is 155 Å². The highest BCUT2D eigenvalue weighted by Gasteiger charge is 2.57. The molecule has 1 saturated carbocycles. The van der Waals surface area contributed by atoms with Gasteiger partial charge in [-0.3, -0.25) is 9.52 Å². The highest BCUT2D eigenvalue weighted by molar-refractivity contribution is 7.92. The molecule has 3 rings (SSSR count). The maximum absolute atomic E-state index is 12.5. The van der Waals surface area contributed by atoms with Gasteiger partial charge in [0.25, 0.3) is 0 Å². The van der Waals surface area contributed by atoms with Crippen LogP contribution in [-0.4, -0.2) is 33.2 Å². The molecule has 1 amide bonds. The van der Waals surface area contributed by atoms with E-state index in [1.165, 1.54) is 0 Å². The van der Waals surface area contributed by atoms with Gasteiger partial charge in [0, 0.05) is 11.6 Å². The van der Waals surface area contributed by atoms with Gasteiger partial charge in [-0.15, -0.1) is 12.4 Å². The zero-order chi connectivity index (χ0) is 17.4. The monoisotopic (exact) mass is 387 g/mol. The predicted molar refractivity (Wildman–Crippen MR) is 103 cm³/mol. The molecule has 2 aliphatic rings. The average Bonchev–Trinajstić information content (AvgIpc) is 3.24. The molecule has 0 aromatic heterocycles. The average molecular weight is 388 g/mol. The third-order valence-corrected chi connectivity index (χ3v) is 6.54. The van der Waals surface area contributed by atoms with Crippen LogP contribution in [0.2, 0.25) is 0 Å². The normalized spacial score (nSPS) is 21.3. The summed E-state index contributed by atoms with van der Waals surface area (Å²) in [4.78, 5) is 12.5. The van der Waals surface area contributed by atoms with E-state index in [-0.39, 0.29) is 35.4 Å². The molecule has 2 fully saturated rings. The van der Waals surface area contributed by atoms with Crippen molar-refractivity contribution in [1.29, 1.82) is 0 Å². The van der Waals surface area contributed by atoms with E-state index < -0.39 is 10.0 Å². The van der Waals surface area contributed by atoms with Crippen molar-refractivity contribution in [2.24, 2.45) is 11.3 Å². The van der Waals surface area contributed by atoms with Gasteiger partial charge in [0.15, 0.2) is 0 Å². The fourth-order valence-electron chi connectivity index (χ4n) is 3.52. The number of rotatable bonds is 5. The van der Waals surface area contributed by atoms with Gasteiger partial charge in [-0.05, 0) is 75.4 Å². The SMILES string of the molecule is CCS(=O)(=O)Nc1ccc(NC(=O)C2CC23CCNCC3)cc1C.Cl. The van der Waals surface area contributed by atoms with E-state index in [9.17, 15) is 13.2 Å². The molecule has 25 heavy (non-hydrogen) atoms. The molecule has 8 heteroatoms. The van der Waals surface area contributed by atoms with E-state index >= 15 is 0 Å². The van der Waals surface area contributed by atoms with Crippen LogP contribution in [0, 0.1) is 18.3 Å². The first-order valence-corrected chi connectivity index (χ1v) is 10.1. The highest BCUT2D eigenvalue weighted by atomic mass is 35.5. The van der Waals surface area contributed by atoms with Gasteiger partial charge in [0.1, 0.15) is 0 Å². The quantitative estimate of drug-likeness (QED) is 0.724. The summed E-state index contributed by atoms with van der Waals surface area (Å²) in [5.41, 5.74) is 2.27. The Kier molecular flexibility index (Phi) is 6.01. The molecule has 1 aromatic rings. The van der Waals surface area contributed by atoms with E-state index in [0.29, 0.717) is 11.4 Å². The Morgan fingerprint density at radius 3 is 2.60 bits per heavy atom. The first kappa shape index (κ1) is 20.0. The second-order valence-electron chi connectivity index (χ2n) is 6.89. The molecule has 1 heterocycles. The molecule has 1 aliphatic carbocycles. The number of amides is 1. The van der Waals surface area contributed by atoms with Crippen molar-refractivity contribution in [3.63, 3.8) is 0 Å². The minimum atomic E-state index is -3.30. The summed E-state index contributed by atoms with van der Waals surface area (Å²) in [6.45, 7) is 5.41. The Hall–Kier alpha value is -1.31. The molecule has 3 N–H and O–H groups in total. The molecule has 1 spiro atoms. The summed E-state index contributed by atoms with van der Waals surface area (Å²) in [6, 6.07) is 5.25. The van der Waals surface area contributed by atoms with Crippen LogP contribution in [-0.2, 0) is 14.8 Å². The standard InChI is InChI=1S/C17H25N3O3S.ClH/c1-3-24(22,23)20-15-5-4-13(10-12(15)2)19-16(21)14-11-17(14)6-8-18-9-7-17;/h4-5,10,14,18,20H,3,6-9,11H2,1-2H3,(H,19,21);1H. The maximum Gasteiger partial charge on any atom is 0.232 e. The molecular formula is C17H26ClN3O3S. The first-order chi connectivity index (χ1) is 11.4. The Balaban J connectivity index is 0.00000225. The molecule has 6 nitrogen and oxygen atoms in total. The minimum absolute atomic E-state index is 0. The van der Waals surface area contributed by atoms with Crippen molar-refractivity contribution in [2.45, 2.75) is 33.1 Å². The number of anilines is 2. The summed E-state index contributed by atoms with van der Waals surface area (Å²) in [6.07, 6.45) is 3.12. The molecular weight excluding hydrogens is 362 g/mol. The Morgan fingerprint density at radius 1 is 1.32 bits per heavy atom. The number of benzene rings is 1. The summed E-state index contributed by atoms with van der Waals surface area (Å²) >= 11 is 0. The lowest BCUT2D eigenvalue weighted by Crippen LogP contribution is -2.31. The van der Waals surface area contributed by atoms with Gasteiger partial charge in [0.2, 0.25) is 15.9 Å². The molecule has 1 saturated heterocycles. The number of hydrogen-bond donors (Lipinski definition) is 3. The van der Waals surface area contributed by atoms with E-state index in [4.69, 9.17) is 0 Å². The smallest absolute Gasteiger partial charge is 0.232 e. The lowest BCUT2D eigenvalue weighted by atomic mass is 9.92. The molecule has 1 aliphatic heterocycles. The number of sulfonamides is 1. The van der Waals surface area contributed by atoms with Gasteiger partial charge < -0.3 is 10.6 Å². The zero-order valence-electron chi connectivity index (χ0n) is 14.6. The van der Waals surface area contributed by atoms with Crippen LogP contribution in [0.1, 0.15) is 31.7 Å². The van der Waals surface area contributed by atoms with E-state index in [2.05, 4.69) is 15.4 Å². The van der Waals surface area contributed by atoms with Gasteiger partial charge in [-0.1, -0.05) is 0 Å². The maximum atomic E-state index is 12.5. The van der Waals surface area contributed by atoms with Crippen LogP contribution in [0.25, 0.3) is 0 Å². The van der Waals surface area contributed by atoms with E-state index in [0.717, 1.165) is 37.9 Å². The van der Waals surface area contributed by atoms with Crippen molar-refractivity contribution in [3.8, 4) is 0 Å². The third-order valence-electron chi connectivity index (χ3n) is 5.24. The number of carbonyl (C=O) groups is 1. The minimum Gasteiger partial charge on any atom is -0.326 e. The van der Waals surface area contributed by atoms with Crippen molar-refractivity contribution < 1.29 is 13.2 Å². The highest BCUT2D eigenvalue weighted by Crippen LogP contribution is 2.58. The molecule has 1 unspecified atom stereocenters. The molecule has 140 valence electrons. The van der Waals surface area contributed by atoms with E-state index in [1.807, 2.05) is 13.0 Å². The number of hydrogen-bond acceptors (Lipinski definition) is 4. The molecule has 0 radical (unpaired) electrons. The zero-order valence-corrected chi connectivity index (χ0v) is 16.2. The van der Waals surface area contributed by atoms with Gasteiger partial charge in [0.05, 0.1) is 11.4 Å². The number of halogens is 1. The fourth-order valence-corrected chi connectivity index (χ4v) is 4.23. The molecule has 0 bridgehead atoms. The van der Waals surface area contributed by atoms with Crippen LogP contribution in [0.15, 0.2) is 18.2 Å². The molecule has 1 aromatic carbocycles. The lowest BCUT2D eigenvalue weighted by Gasteiger charge is -2.23. The Bertz CT molecular complexity index is 746. The summed E-state index contributed by atoms with van der Waals surface area (Å²) < 4.78 is 25.9. The number of piperidine rings is 1. The fraction of sp³-hybridized carbons (Fsp3) is 0.588. The van der Waals surface area contributed by atoms with Gasteiger partial charge >= 0.3 is 0 Å². The second kappa shape index (κ2) is 7.51. The van der Waals surface area contributed by atoms with Crippen molar-refractivity contribution >= 4 is 39.7 Å². The van der Waals surface area contributed by atoms with Crippen molar-refractivity contribution in [2.75, 3.05) is 28.9 Å². The summed E-state index contributed by atoms with van der Waals surface area (Å²) in [5.74, 6) is 0.222. The van der Waals surface area contributed by atoms with Crippen molar-refractivity contribution in [1.82, 2.24) is 5.32 Å². The first-order valence-electron chi connectivity index (χ1n) is 8.48. The van der Waals surface area contributed by atoms with Crippen molar-refractivity contribution in [3.05, 3.63) is 23.8 Å². The summed E-state index contributed by atoms with van der Waals surface area (Å²) in [5, 5.41) is 6.32. The number of aryl methyl sites for hydroxylation is 1. The van der Waals surface area contributed by atoms with Crippen LogP contribution in [0.4, 0.5) is 11.4 Å². The van der Waals surface area contributed by atoms with Crippen LogP contribution >= 0.6 is 12.4 Å². The lowest BCUT2D eigenvalue weighted by molar-refractivity contribution is -0.118. The van der Waals surface area contributed by atoms with E-state index in [1.54, 1.807) is 19.1 Å². The van der Waals surface area contributed by atoms with Crippen LogP contribution < -0.4 is 15.4 Å². The van der Waals surface area contributed by atoms with Gasteiger partial charge in [-0.2, -0.15) is 0 Å². The predicted octanol–water partition coefficient (Wildman–Crippen LogP) is 2.51. The third kappa shape index (κ3) is 4.46. The topological polar surface area (TPSA) is 87.3 Å². The van der Waals surface area contributed by atoms with Crippen LogP contribution in [0.5, 0.6) is 0 Å².